The van der Waals surface area contributed by atoms with E-state index in [2.05, 4.69) is 24.4 Å². The summed E-state index contributed by atoms with van der Waals surface area (Å²) in [5.41, 5.74) is 1.71. The number of halogens is 3. The predicted molar refractivity (Wildman–Crippen MR) is 90.6 cm³/mol. The first-order valence-electron chi connectivity index (χ1n) is 7.87. The lowest BCUT2D eigenvalue weighted by atomic mass is 9.93. The van der Waals surface area contributed by atoms with Crippen molar-refractivity contribution in [3.05, 3.63) is 11.4 Å². The van der Waals surface area contributed by atoms with Gasteiger partial charge in [-0.15, -0.1) is 9.24 Å². The average Bonchev–Trinajstić information content (AvgIpc) is 2.63. The van der Waals surface area contributed by atoms with E-state index < -0.39 is 25.0 Å². The normalized spacial score (nSPS) is 18.2. The number of carbonyl (C=O) groups excluding carboxylic acids is 1. The molecule has 138 valence electrons. The predicted octanol–water partition coefficient (Wildman–Crippen LogP) is 3.88. The van der Waals surface area contributed by atoms with E-state index in [0.29, 0.717) is 25.1 Å². The van der Waals surface area contributed by atoms with E-state index in [1.54, 1.807) is 7.05 Å². The Morgan fingerprint density at radius 3 is 2.62 bits per heavy atom. The number of hydrogen-bond donors (Lipinski definition) is 1. The summed E-state index contributed by atoms with van der Waals surface area (Å²) in [6.45, 7) is 2.85. The molecule has 0 radical (unpaired) electrons. The van der Waals surface area contributed by atoms with Crippen molar-refractivity contribution in [1.82, 2.24) is 10.3 Å². The topological polar surface area (TPSA) is 53.9 Å². The van der Waals surface area contributed by atoms with Gasteiger partial charge in [-0.3, -0.25) is 10.3 Å². The van der Waals surface area contributed by atoms with Gasteiger partial charge in [0.1, 0.15) is 11.7 Å². The Hall–Kier alpha value is -1.30. The molecule has 0 aromatic carbocycles. The van der Waals surface area contributed by atoms with Crippen molar-refractivity contribution in [2.75, 3.05) is 13.7 Å². The van der Waals surface area contributed by atoms with Gasteiger partial charge >= 0.3 is 6.09 Å². The molecule has 1 aliphatic heterocycles. The highest BCUT2D eigenvalue weighted by molar-refractivity contribution is 7.17. The summed E-state index contributed by atoms with van der Waals surface area (Å²) in [5, 5.41) is 8.42. The van der Waals surface area contributed by atoms with Crippen LogP contribution in [0.2, 0.25) is 0 Å². The third-order valence-corrected chi connectivity index (χ3v) is 4.07. The van der Waals surface area contributed by atoms with Crippen molar-refractivity contribution in [2.24, 2.45) is 11.0 Å². The van der Waals surface area contributed by atoms with Crippen molar-refractivity contribution in [3.8, 4) is 0 Å². The highest BCUT2D eigenvalue weighted by atomic mass is 31.0. The van der Waals surface area contributed by atoms with E-state index in [1.807, 2.05) is 13.8 Å². The zero-order valence-electron chi connectivity index (χ0n) is 14.2. The van der Waals surface area contributed by atoms with Crippen LogP contribution in [0.5, 0.6) is 0 Å². The fourth-order valence-electron chi connectivity index (χ4n) is 2.56. The Morgan fingerprint density at radius 2 is 2.08 bits per heavy atom. The maximum atomic E-state index is 13.3. The molecule has 0 aliphatic carbocycles. The van der Waals surface area contributed by atoms with Gasteiger partial charge in [0.2, 0.25) is 0 Å². The molecule has 3 atom stereocenters. The fraction of sp³-hybridized carbons (Fsp3) is 0.733. The Balaban J connectivity index is 2.82. The number of ether oxygens (including phenoxy) is 1. The van der Waals surface area contributed by atoms with Crippen molar-refractivity contribution in [1.29, 1.82) is 0 Å². The number of hydrogen-bond acceptors (Lipinski definition) is 4. The molecule has 0 saturated heterocycles. The van der Waals surface area contributed by atoms with E-state index in [9.17, 15) is 18.0 Å². The molecule has 0 fully saturated rings. The van der Waals surface area contributed by atoms with Gasteiger partial charge in [-0.25, -0.2) is 18.0 Å². The molecule has 0 aromatic rings. The SMILES string of the molecule is CCC(CC(F)P)C1=NN(C)C(NC(=O)OCC(F)F)=C(C)CC1. The molecule has 0 saturated carbocycles. The zero-order chi connectivity index (χ0) is 18.3. The van der Waals surface area contributed by atoms with Crippen LogP contribution < -0.4 is 5.32 Å². The van der Waals surface area contributed by atoms with Gasteiger partial charge < -0.3 is 4.74 Å². The molecule has 3 unspecified atom stereocenters. The smallest absolute Gasteiger partial charge is 0.412 e. The summed E-state index contributed by atoms with van der Waals surface area (Å²) in [6, 6.07) is 0. The molecule has 24 heavy (non-hydrogen) atoms. The summed E-state index contributed by atoms with van der Waals surface area (Å²) in [5.74, 6) is -0.582. The number of carbonyl (C=O) groups is 1. The lowest BCUT2D eigenvalue weighted by Gasteiger charge is -2.21. The van der Waals surface area contributed by atoms with Crippen LogP contribution in [0, 0.1) is 5.92 Å². The maximum absolute atomic E-state index is 13.3. The van der Waals surface area contributed by atoms with Crippen molar-refractivity contribution in [3.63, 3.8) is 0 Å². The van der Waals surface area contributed by atoms with Crippen molar-refractivity contribution < 1.29 is 22.7 Å². The molecular formula is C15H25F3N3O2P. The number of nitrogens with one attached hydrogen (secondary N) is 1. The second-order valence-corrected chi connectivity index (χ2v) is 6.44. The van der Waals surface area contributed by atoms with E-state index >= 15 is 0 Å². The number of nitrogens with zero attached hydrogens (tertiary/aromatic N) is 2. The molecule has 5 nitrogen and oxygen atoms in total. The standard InChI is InChI=1S/C15H25F3N3O2P/c1-4-10(7-13(18)24)11-6-5-9(2)14(21(3)20-11)19-15(22)23-8-12(16)17/h10,12-13H,4-8,24H2,1-3H3,(H,19,22). The number of alkyl carbamates (subject to hydrolysis) is 1. The van der Waals surface area contributed by atoms with E-state index in [0.717, 1.165) is 17.7 Å². The van der Waals surface area contributed by atoms with Gasteiger partial charge in [0.05, 0.1) is 0 Å². The molecule has 1 rings (SSSR count). The van der Waals surface area contributed by atoms with Gasteiger partial charge in [0.25, 0.3) is 6.43 Å². The van der Waals surface area contributed by atoms with Crippen LogP contribution in [-0.2, 0) is 4.74 Å². The van der Waals surface area contributed by atoms with Crippen LogP contribution in [0.1, 0.15) is 39.5 Å². The van der Waals surface area contributed by atoms with Gasteiger partial charge in [-0.2, -0.15) is 5.10 Å². The molecule has 1 amide bonds. The van der Waals surface area contributed by atoms with Crippen LogP contribution >= 0.6 is 9.24 Å². The number of alkyl halides is 3. The quantitative estimate of drug-likeness (QED) is 0.695. The summed E-state index contributed by atoms with van der Waals surface area (Å²) < 4.78 is 41.9. The third kappa shape index (κ3) is 6.67. The van der Waals surface area contributed by atoms with Crippen molar-refractivity contribution >= 4 is 21.0 Å². The number of rotatable bonds is 7. The van der Waals surface area contributed by atoms with E-state index in [1.165, 1.54) is 5.01 Å². The average molecular weight is 367 g/mol. The molecule has 0 bridgehead atoms. The lowest BCUT2D eigenvalue weighted by Crippen LogP contribution is -2.33. The Bertz CT molecular complexity index is 498. The maximum Gasteiger partial charge on any atom is 0.412 e. The molecule has 0 aromatic heterocycles. The van der Waals surface area contributed by atoms with Gasteiger partial charge in [-0.1, -0.05) is 6.92 Å². The minimum atomic E-state index is -2.71. The molecule has 9 heteroatoms. The first-order chi connectivity index (χ1) is 11.2. The molecule has 1 aliphatic rings. The van der Waals surface area contributed by atoms with Gasteiger partial charge in [-0.05, 0) is 38.2 Å². The summed E-state index contributed by atoms with van der Waals surface area (Å²) >= 11 is 0. The van der Waals surface area contributed by atoms with Crippen LogP contribution in [0.15, 0.2) is 16.5 Å². The highest BCUT2D eigenvalue weighted by Crippen LogP contribution is 2.26. The minimum Gasteiger partial charge on any atom is -0.443 e. The Morgan fingerprint density at radius 1 is 1.42 bits per heavy atom. The molecule has 1 heterocycles. The first kappa shape index (κ1) is 20.7. The third-order valence-electron chi connectivity index (χ3n) is 3.80. The zero-order valence-corrected chi connectivity index (χ0v) is 15.3. The Labute approximate surface area is 142 Å². The van der Waals surface area contributed by atoms with Crippen LogP contribution in [0.4, 0.5) is 18.0 Å². The second-order valence-electron chi connectivity index (χ2n) is 5.72. The monoisotopic (exact) mass is 367 g/mol. The van der Waals surface area contributed by atoms with Crippen LogP contribution in [0.25, 0.3) is 0 Å². The first-order valence-corrected chi connectivity index (χ1v) is 8.53. The van der Waals surface area contributed by atoms with Gasteiger partial charge in [0, 0.05) is 18.7 Å². The molecular weight excluding hydrogens is 342 g/mol. The molecule has 0 spiro atoms. The highest BCUT2D eigenvalue weighted by Gasteiger charge is 2.23. The number of hydrazone groups is 1. The minimum absolute atomic E-state index is 0.0119. The van der Waals surface area contributed by atoms with Crippen LogP contribution in [-0.4, -0.2) is 42.8 Å². The number of allylic oxidation sites excluding steroid dienone is 1. The van der Waals surface area contributed by atoms with E-state index in [4.69, 9.17) is 0 Å². The lowest BCUT2D eigenvalue weighted by molar-refractivity contribution is 0.0490. The summed E-state index contributed by atoms with van der Waals surface area (Å²) in [4.78, 5) is 11.6. The summed E-state index contributed by atoms with van der Waals surface area (Å²) in [7, 11) is 3.80. The Kier molecular flexibility index (Phi) is 8.53. The number of amides is 1. The van der Waals surface area contributed by atoms with Crippen molar-refractivity contribution in [2.45, 2.75) is 51.9 Å². The van der Waals surface area contributed by atoms with E-state index in [-0.39, 0.29) is 5.92 Å². The van der Waals surface area contributed by atoms with Crippen LogP contribution in [0.3, 0.4) is 0 Å². The largest absolute Gasteiger partial charge is 0.443 e. The fourth-order valence-corrected chi connectivity index (χ4v) is 2.89. The van der Waals surface area contributed by atoms with Gasteiger partial charge in [0.15, 0.2) is 6.61 Å². The summed E-state index contributed by atoms with van der Waals surface area (Å²) in [6.07, 6.45) is -1.24. The second kappa shape index (κ2) is 9.87. The molecule has 1 N–H and O–H groups in total.